The molecule has 23 nitrogen and oxygen atoms in total. The minimum Gasteiger partial charge on any atom is -0.726 e. The van der Waals surface area contributed by atoms with Crippen LogP contribution < -0.4 is 257 Å². The summed E-state index contributed by atoms with van der Waals surface area (Å²) in [6, 6.07) is 0. The first-order valence-corrected chi connectivity index (χ1v) is 16.1. The molecule has 2 saturated heterocycles. The van der Waals surface area contributed by atoms with Crippen molar-refractivity contribution in [2.45, 2.75) is 55.9 Å². The first-order valence-electron chi connectivity index (χ1n) is 9.43. The minimum absolute atomic E-state index is 0. The van der Waals surface area contributed by atoms with Crippen molar-refractivity contribution in [2.75, 3.05) is 13.2 Å². The average Bonchev–Trinajstić information content (AvgIpc) is 2.94. The van der Waals surface area contributed by atoms with Gasteiger partial charge in [-0.3, -0.25) is 20.9 Å². The molecule has 0 N–H and O–H groups in total. The fraction of sp³-hybridized carbons (Fsp3) is 1.00. The van der Waals surface area contributed by atoms with Gasteiger partial charge in [0, 0.05) is 0 Å². The van der Waals surface area contributed by atoms with Crippen LogP contribution in [-0.4, -0.2) is 127 Å². The molecule has 2 aliphatic rings. The molecule has 2 heterocycles. The smallest absolute Gasteiger partial charge is 0.726 e. The predicted octanol–water partition coefficient (Wildman–Crippen LogP) is -20.6. The SMILES string of the molecule is C[C@H]1O[C@H](COS(=O)(=O)[O-])[C@@H](O[C@H]2OC[C@@H](OS(=O)(=O)[O-])[C@@H](OS(=O)(=O)[O-])[C@@H]2OS(=O)(=O)[O-])[C@@H]1OS(=O)(=O)[O-].[K+].[K+].[K+].[K+].[K+]. The van der Waals surface area contributed by atoms with Crippen LogP contribution in [0.1, 0.15) is 6.92 Å². The Balaban J connectivity index is -0.00000160. The Labute approximate surface area is 465 Å². The van der Waals surface area contributed by atoms with Gasteiger partial charge in [-0.1, -0.05) is 0 Å². The van der Waals surface area contributed by atoms with Gasteiger partial charge in [0.15, 0.2) is 12.4 Å². The van der Waals surface area contributed by atoms with Gasteiger partial charge in [-0.2, -0.15) is 0 Å². The average molecular weight is 871 g/mol. The van der Waals surface area contributed by atoms with E-state index in [4.69, 9.17) is 14.2 Å². The maximum Gasteiger partial charge on any atom is 1.00 e. The predicted molar refractivity (Wildman–Crippen MR) is 103 cm³/mol. The van der Waals surface area contributed by atoms with Crippen molar-refractivity contribution in [3.8, 4) is 0 Å². The third-order valence-electron chi connectivity index (χ3n) is 4.52. The Morgan fingerprint density at radius 2 is 1.00 bits per heavy atom. The Hall–Kier alpha value is 7.41. The van der Waals surface area contributed by atoms with Crippen LogP contribution in [0.5, 0.6) is 0 Å². The normalized spacial score (nSPS) is 29.5. The fourth-order valence-corrected chi connectivity index (χ4v) is 5.65. The number of hydrogen-bond acceptors (Lipinski definition) is 23. The molecule has 0 aromatic carbocycles. The monoisotopic (exact) mass is 870 g/mol. The molecule has 8 atom stereocenters. The molecule has 2 fully saturated rings. The van der Waals surface area contributed by atoms with E-state index >= 15 is 0 Å². The van der Waals surface area contributed by atoms with Crippen LogP contribution in [0.25, 0.3) is 0 Å². The van der Waals surface area contributed by atoms with Crippen molar-refractivity contribution in [3.63, 3.8) is 0 Å². The van der Waals surface area contributed by atoms with Crippen LogP contribution >= 0.6 is 0 Å². The van der Waals surface area contributed by atoms with E-state index in [9.17, 15) is 64.9 Å². The maximum absolute atomic E-state index is 11.3. The number of rotatable bonds is 13. The third-order valence-corrected chi connectivity index (χ3v) is 6.80. The zero-order chi connectivity index (χ0) is 30.2. The van der Waals surface area contributed by atoms with E-state index in [1.807, 2.05) is 0 Å². The van der Waals surface area contributed by atoms with Gasteiger partial charge in [0.25, 0.3) is 0 Å². The summed E-state index contributed by atoms with van der Waals surface area (Å²) in [6.07, 6.45) is -18.2. The summed E-state index contributed by atoms with van der Waals surface area (Å²) in [5, 5.41) is 0. The molecule has 0 bridgehead atoms. The Bertz CT molecular complexity index is 1420. The van der Waals surface area contributed by atoms with Crippen LogP contribution in [0.3, 0.4) is 0 Å². The van der Waals surface area contributed by atoms with Gasteiger partial charge >= 0.3 is 257 Å². The fourth-order valence-electron chi connectivity index (χ4n) is 3.37. The maximum atomic E-state index is 11.3. The van der Waals surface area contributed by atoms with Gasteiger partial charge < -0.3 is 37.0 Å². The quantitative estimate of drug-likeness (QED) is 0.0942. The van der Waals surface area contributed by atoms with Gasteiger partial charge in [0.2, 0.25) is 52.0 Å². The van der Waals surface area contributed by atoms with E-state index in [2.05, 4.69) is 20.9 Å². The van der Waals surface area contributed by atoms with E-state index in [1.165, 1.54) is 0 Å². The third kappa shape index (κ3) is 23.4. The molecule has 0 radical (unpaired) electrons. The van der Waals surface area contributed by atoms with Crippen molar-refractivity contribution in [1.82, 2.24) is 0 Å². The van der Waals surface area contributed by atoms with Gasteiger partial charge in [0.1, 0.15) is 30.5 Å². The first kappa shape index (κ1) is 58.1. The first-order chi connectivity index (χ1) is 17.3. The van der Waals surface area contributed by atoms with Crippen molar-refractivity contribution >= 4 is 52.0 Å². The second kappa shape index (κ2) is 24.1. The Morgan fingerprint density at radius 3 is 1.41 bits per heavy atom. The zero-order valence-electron chi connectivity index (χ0n) is 23.5. The second-order valence-corrected chi connectivity index (χ2v) is 12.4. The summed E-state index contributed by atoms with van der Waals surface area (Å²) >= 11 is 0. The van der Waals surface area contributed by atoms with Gasteiger partial charge in [-0.15, -0.1) is 0 Å². The van der Waals surface area contributed by atoms with Gasteiger partial charge in [-0.05, 0) is 6.92 Å². The van der Waals surface area contributed by atoms with E-state index < -0.39 is 114 Å². The molecule has 2 rings (SSSR count). The standard InChI is InChI=1S/C11H20O23S5.5K/c1-4-7(32-37(18,19)20)8(5(29-4)3-28-35(12,13)14)30-11-10(34-39(24,25)26)9(33-38(21,22)23)6(2-27-11)31-36(15,16)17;;;;;/h4-11H,2-3H2,1H3,(H,12,13,14)(H,15,16,17)(H,18,19,20)(H,21,22,23)(H,24,25,26);;;;;/q;5*+1/p-5/t4-,5-,6-,7-,8-,9-,10+,11-;;;;;/m1...../s1. The molecule has 2 aliphatic heterocycles. The van der Waals surface area contributed by atoms with Crippen molar-refractivity contribution < 1.29 is 357 Å². The van der Waals surface area contributed by atoms with Crippen molar-refractivity contribution in [3.05, 3.63) is 0 Å². The number of ether oxygens (including phenoxy) is 3. The van der Waals surface area contributed by atoms with Crippen LogP contribution in [-0.2, 0) is 87.1 Å². The van der Waals surface area contributed by atoms with Crippen LogP contribution in [0.2, 0.25) is 0 Å². The van der Waals surface area contributed by atoms with E-state index in [1.54, 1.807) is 0 Å². The largest absolute Gasteiger partial charge is 1.00 e. The summed E-state index contributed by atoms with van der Waals surface area (Å²) in [7, 11) is -28.7. The summed E-state index contributed by atoms with van der Waals surface area (Å²) in [5.41, 5.74) is 0. The van der Waals surface area contributed by atoms with Crippen LogP contribution in [0, 0.1) is 0 Å². The molecule has 0 amide bonds. The Morgan fingerprint density at radius 1 is 0.591 bits per heavy atom. The summed E-state index contributed by atoms with van der Waals surface area (Å²) in [6.45, 7) is -1.54. The van der Waals surface area contributed by atoms with Crippen LogP contribution in [0.15, 0.2) is 0 Å². The van der Waals surface area contributed by atoms with E-state index in [0.717, 1.165) is 6.92 Å². The van der Waals surface area contributed by atoms with Crippen molar-refractivity contribution in [1.29, 1.82) is 0 Å². The molecular formula is C11H15K5O23S5. The summed E-state index contributed by atoms with van der Waals surface area (Å²) in [5.74, 6) is 0. The minimum atomic E-state index is -5.97. The Kier molecular flexibility index (Phi) is 31.9. The van der Waals surface area contributed by atoms with Gasteiger partial charge in [0.05, 0.1) is 19.3 Å². The molecule has 0 aromatic heterocycles. The van der Waals surface area contributed by atoms with E-state index in [-0.39, 0.29) is 257 Å². The number of hydrogen-bond donors (Lipinski definition) is 0. The summed E-state index contributed by atoms with van der Waals surface area (Å²) in [4.78, 5) is 0. The molecule has 0 unspecified atom stereocenters. The molecule has 232 valence electrons. The molecule has 44 heavy (non-hydrogen) atoms. The van der Waals surface area contributed by atoms with Crippen LogP contribution in [0.4, 0.5) is 0 Å². The summed E-state index contributed by atoms with van der Waals surface area (Å²) < 4.78 is 202. The molecular weight excluding hydrogens is 856 g/mol. The topological polar surface area (TPSA) is 360 Å². The molecule has 0 saturated carbocycles. The molecule has 0 aromatic rings. The molecule has 0 spiro atoms. The molecule has 33 heteroatoms. The molecule has 0 aliphatic carbocycles. The second-order valence-electron chi connectivity index (χ2n) is 7.33. The van der Waals surface area contributed by atoms with E-state index in [0.29, 0.717) is 0 Å². The van der Waals surface area contributed by atoms with Crippen molar-refractivity contribution in [2.24, 2.45) is 0 Å². The van der Waals surface area contributed by atoms with Gasteiger partial charge in [-0.25, -0.2) is 42.1 Å². The zero-order valence-corrected chi connectivity index (χ0v) is 43.2.